The minimum Gasteiger partial charge on any atom is -0.348 e. The molecule has 2 nitrogen and oxygen atoms in total. The fourth-order valence-electron chi connectivity index (χ4n) is 2.02. The summed E-state index contributed by atoms with van der Waals surface area (Å²) in [6.45, 7) is 6.11. The molecule has 0 atom stereocenters. The minimum absolute atomic E-state index is 0.0511. The van der Waals surface area contributed by atoms with Crippen molar-refractivity contribution in [2.45, 2.75) is 32.7 Å². The molecule has 0 aliphatic heterocycles. The third-order valence-electron chi connectivity index (χ3n) is 3.58. The summed E-state index contributed by atoms with van der Waals surface area (Å²) in [7, 11) is 0. The van der Waals surface area contributed by atoms with Crippen molar-refractivity contribution < 1.29 is 4.79 Å². The first-order chi connectivity index (χ1) is 9.52. The Bertz CT molecular complexity index is 635. The Labute approximate surface area is 120 Å². The van der Waals surface area contributed by atoms with Gasteiger partial charge in [-0.2, -0.15) is 0 Å². The van der Waals surface area contributed by atoms with Crippen LogP contribution >= 0.6 is 0 Å². The van der Waals surface area contributed by atoms with Gasteiger partial charge in [0.1, 0.15) is 0 Å². The summed E-state index contributed by atoms with van der Waals surface area (Å²) < 4.78 is 0. The summed E-state index contributed by atoms with van der Waals surface area (Å²) in [6.07, 6.45) is 4.39. The van der Waals surface area contributed by atoms with Crippen LogP contribution in [0.3, 0.4) is 0 Å². The SMILES string of the molecule is CCC(C)(C)NC(=O)/C=C/c1cccc2ccccc12. The van der Waals surface area contributed by atoms with Gasteiger partial charge in [0, 0.05) is 11.6 Å². The first kappa shape index (κ1) is 14.3. The monoisotopic (exact) mass is 267 g/mol. The lowest BCUT2D eigenvalue weighted by molar-refractivity contribution is -0.117. The topological polar surface area (TPSA) is 29.1 Å². The predicted molar refractivity (Wildman–Crippen MR) is 85.5 cm³/mol. The molecule has 0 saturated carbocycles. The third-order valence-corrected chi connectivity index (χ3v) is 3.58. The van der Waals surface area contributed by atoms with Crippen molar-refractivity contribution in [3.05, 3.63) is 54.1 Å². The summed E-state index contributed by atoms with van der Waals surface area (Å²) in [5.74, 6) is -0.0511. The lowest BCUT2D eigenvalue weighted by Gasteiger charge is -2.23. The number of hydrogen-bond donors (Lipinski definition) is 1. The highest BCUT2D eigenvalue weighted by Gasteiger charge is 2.15. The normalized spacial score (nSPS) is 11.9. The van der Waals surface area contributed by atoms with Gasteiger partial charge < -0.3 is 5.32 Å². The highest BCUT2D eigenvalue weighted by molar-refractivity contribution is 5.96. The molecule has 0 aromatic heterocycles. The van der Waals surface area contributed by atoms with Gasteiger partial charge in [-0.05, 0) is 42.7 Å². The van der Waals surface area contributed by atoms with Crippen molar-refractivity contribution in [3.8, 4) is 0 Å². The summed E-state index contributed by atoms with van der Waals surface area (Å²) in [4.78, 5) is 11.9. The predicted octanol–water partition coefficient (Wildman–Crippen LogP) is 4.16. The first-order valence-electron chi connectivity index (χ1n) is 7.00. The Hall–Kier alpha value is -2.09. The molecule has 0 saturated heterocycles. The van der Waals surface area contributed by atoms with E-state index in [1.54, 1.807) is 6.08 Å². The lowest BCUT2D eigenvalue weighted by Crippen LogP contribution is -2.41. The van der Waals surface area contributed by atoms with E-state index in [4.69, 9.17) is 0 Å². The molecule has 2 rings (SSSR count). The van der Waals surface area contributed by atoms with Crippen LogP contribution < -0.4 is 5.32 Å². The Kier molecular flexibility index (Phi) is 4.23. The number of amides is 1. The van der Waals surface area contributed by atoms with Gasteiger partial charge in [0.25, 0.3) is 0 Å². The molecule has 20 heavy (non-hydrogen) atoms. The number of fused-ring (bicyclic) bond motifs is 1. The number of carbonyl (C=O) groups is 1. The van der Waals surface area contributed by atoms with Crippen molar-refractivity contribution in [2.75, 3.05) is 0 Å². The Morgan fingerprint density at radius 2 is 1.85 bits per heavy atom. The maximum absolute atomic E-state index is 11.9. The maximum atomic E-state index is 11.9. The largest absolute Gasteiger partial charge is 0.348 e. The number of hydrogen-bond acceptors (Lipinski definition) is 1. The molecule has 0 fully saturated rings. The molecule has 0 bridgehead atoms. The summed E-state index contributed by atoms with van der Waals surface area (Å²) >= 11 is 0. The van der Waals surface area contributed by atoms with Crippen LogP contribution in [0.25, 0.3) is 16.8 Å². The maximum Gasteiger partial charge on any atom is 0.244 e. The molecular formula is C18H21NO. The molecule has 2 heteroatoms. The zero-order chi connectivity index (χ0) is 14.6. The van der Waals surface area contributed by atoms with Gasteiger partial charge in [-0.1, -0.05) is 49.4 Å². The lowest BCUT2D eigenvalue weighted by atomic mass is 10.0. The summed E-state index contributed by atoms with van der Waals surface area (Å²) in [6, 6.07) is 14.3. The van der Waals surface area contributed by atoms with E-state index in [1.807, 2.05) is 44.2 Å². The smallest absolute Gasteiger partial charge is 0.244 e. The molecule has 0 unspecified atom stereocenters. The average molecular weight is 267 g/mol. The average Bonchev–Trinajstić information content (AvgIpc) is 2.44. The van der Waals surface area contributed by atoms with Crippen LogP contribution in [0.2, 0.25) is 0 Å². The van der Waals surface area contributed by atoms with Gasteiger partial charge in [-0.25, -0.2) is 0 Å². The van der Waals surface area contributed by atoms with Gasteiger partial charge in [-0.3, -0.25) is 4.79 Å². The van der Waals surface area contributed by atoms with Gasteiger partial charge >= 0.3 is 0 Å². The van der Waals surface area contributed by atoms with Crippen molar-refractivity contribution in [1.29, 1.82) is 0 Å². The summed E-state index contributed by atoms with van der Waals surface area (Å²) in [5.41, 5.74) is 0.896. The molecule has 0 spiro atoms. The number of benzene rings is 2. The molecule has 1 N–H and O–H groups in total. The van der Waals surface area contributed by atoms with Crippen LogP contribution in [0.1, 0.15) is 32.8 Å². The Morgan fingerprint density at radius 3 is 2.60 bits per heavy atom. The zero-order valence-corrected chi connectivity index (χ0v) is 12.3. The van der Waals surface area contributed by atoms with E-state index < -0.39 is 0 Å². The van der Waals surface area contributed by atoms with Gasteiger partial charge in [0.15, 0.2) is 0 Å². The van der Waals surface area contributed by atoms with Gasteiger partial charge in [0.05, 0.1) is 0 Å². The Balaban J connectivity index is 2.20. The highest BCUT2D eigenvalue weighted by Crippen LogP contribution is 2.19. The second kappa shape index (κ2) is 5.91. The fraction of sp³-hybridized carbons (Fsp3) is 0.278. The van der Waals surface area contributed by atoms with Crippen LogP contribution in [0.5, 0.6) is 0 Å². The van der Waals surface area contributed by atoms with Crippen LogP contribution in [-0.2, 0) is 4.79 Å². The van der Waals surface area contributed by atoms with E-state index in [0.717, 1.165) is 17.4 Å². The molecule has 2 aromatic carbocycles. The van der Waals surface area contributed by atoms with E-state index in [2.05, 4.69) is 30.4 Å². The molecule has 0 aliphatic rings. The van der Waals surface area contributed by atoms with Gasteiger partial charge in [0.2, 0.25) is 5.91 Å². The molecule has 0 heterocycles. The third kappa shape index (κ3) is 3.47. The standard InChI is InChI=1S/C18H21NO/c1-4-18(2,3)19-17(20)13-12-15-10-7-9-14-8-5-6-11-16(14)15/h5-13H,4H2,1-3H3,(H,19,20)/b13-12+. The fourth-order valence-corrected chi connectivity index (χ4v) is 2.02. The van der Waals surface area contributed by atoms with Crippen molar-refractivity contribution in [1.82, 2.24) is 5.32 Å². The van der Waals surface area contributed by atoms with Crippen LogP contribution in [0, 0.1) is 0 Å². The van der Waals surface area contributed by atoms with E-state index in [0.29, 0.717) is 0 Å². The molecule has 0 radical (unpaired) electrons. The van der Waals surface area contributed by atoms with E-state index in [9.17, 15) is 4.79 Å². The number of carbonyl (C=O) groups excluding carboxylic acids is 1. The van der Waals surface area contributed by atoms with Crippen LogP contribution in [0.15, 0.2) is 48.5 Å². The first-order valence-corrected chi connectivity index (χ1v) is 7.00. The van der Waals surface area contributed by atoms with Crippen molar-refractivity contribution >= 4 is 22.8 Å². The summed E-state index contributed by atoms with van der Waals surface area (Å²) in [5, 5.41) is 5.34. The van der Waals surface area contributed by atoms with Crippen LogP contribution in [-0.4, -0.2) is 11.4 Å². The molecule has 1 amide bonds. The molecular weight excluding hydrogens is 246 g/mol. The van der Waals surface area contributed by atoms with Gasteiger partial charge in [-0.15, -0.1) is 0 Å². The van der Waals surface area contributed by atoms with Crippen LogP contribution in [0.4, 0.5) is 0 Å². The van der Waals surface area contributed by atoms with Crippen molar-refractivity contribution in [3.63, 3.8) is 0 Å². The van der Waals surface area contributed by atoms with E-state index in [1.165, 1.54) is 5.39 Å². The second-order valence-corrected chi connectivity index (χ2v) is 5.63. The molecule has 0 aliphatic carbocycles. The number of rotatable bonds is 4. The highest BCUT2D eigenvalue weighted by atomic mass is 16.1. The van der Waals surface area contributed by atoms with Crippen molar-refractivity contribution in [2.24, 2.45) is 0 Å². The molecule has 104 valence electrons. The molecule has 2 aromatic rings. The Morgan fingerprint density at radius 1 is 1.15 bits per heavy atom. The zero-order valence-electron chi connectivity index (χ0n) is 12.3. The number of nitrogens with one attached hydrogen (secondary N) is 1. The van der Waals surface area contributed by atoms with E-state index >= 15 is 0 Å². The second-order valence-electron chi connectivity index (χ2n) is 5.63. The quantitative estimate of drug-likeness (QED) is 0.828. The minimum atomic E-state index is -0.166. The van der Waals surface area contributed by atoms with E-state index in [-0.39, 0.29) is 11.4 Å².